The molecule has 1 saturated heterocycles. The quantitative estimate of drug-likeness (QED) is 0.840. The predicted molar refractivity (Wildman–Crippen MR) is 62.0 cm³/mol. The number of aliphatic hydroxyl groups is 1. The van der Waals surface area contributed by atoms with Gasteiger partial charge in [-0.25, -0.2) is 0 Å². The Morgan fingerprint density at radius 2 is 2.29 bits per heavy atom. The molecule has 0 aromatic heterocycles. The number of thioether (sulfide) groups is 1. The van der Waals surface area contributed by atoms with Crippen molar-refractivity contribution in [3.05, 3.63) is 34.9 Å². The van der Waals surface area contributed by atoms with Crippen LogP contribution in [-0.4, -0.2) is 22.7 Å². The van der Waals surface area contributed by atoms with Crippen LogP contribution in [0, 0.1) is 5.92 Å². The minimum absolute atomic E-state index is 0.140. The van der Waals surface area contributed by atoms with E-state index >= 15 is 0 Å². The highest BCUT2D eigenvalue weighted by atomic mass is 35.5. The summed E-state index contributed by atoms with van der Waals surface area (Å²) in [4.78, 5) is 0. The van der Waals surface area contributed by atoms with Crippen LogP contribution in [0.15, 0.2) is 24.3 Å². The van der Waals surface area contributed by atoms with Gasteiger partial charge in [0.05, 0.1) is 6.10 Å². The fourth-order valence-electron chi connectivity index (χ4n) is 1.75. The second-order valence-corrected chi connectivity index (χ2v) is 5.21. The van der Waals surface area contributed by atoms with Crippen LogP contribution in [0.4, 0.5) is 0 Å². The van der Waals surface area contributed by atoms with Crippen molar-refractivity contribution in [2.75, 3.05) is 11.5 Å². The van der Waals surface area contributed by atoms with Gasteiger partial charge in [-0.3, -0.25) is 0 Å². The molecule has 0 aliphatic carbocycles. The van der Waals surface area contributed by atoms with Crippen LogP contribution in [0.3, 0.4) is 0 Å². The Bertz CT molecular complexity index is 316. The molecular formula is C11H13ClOS. The van der Waals surface area contributed by atoms with E-state index in [2.05, 4.69) is 6.07 Å². The summed E-state index contributed by atoms with van der Waals surface area (Å²) in [7, 11) is 0. The maximum atomic E-state index is 9.67. The standard InChI is InChI=1S/C11H13ClOS/c12-10-3-1-2-8(5-10)4-9-6-14-7-11(9)13/h1-3,5,9,11,13H,4,6-7H2. The van der Waals surface area contributed by atoms with E-state index in [4.69, 9.17) is 11.6 Å². The van der Waals surface area contributed by atoms with Crippen LogP contribution in [0.5, 0.6) is 0 Å². The summed E-state index contributed by atoms with van der Waals surface area (Å²) in [6.07, 6.45) is 0.799. The van der Waals surface area contributed by atoms with Crippen molar-refractivity contribution in [2.45, 2.75) is 12.5 Å². The van der Waals surface area contributed by atoms with Gasteiger partial charge in [0.25, 0.3) is 0 Å². The molecule has 0 saturated carbocycles. The van der Waals surface area contributed by atoms with E-state index in [0.29, 0.717) is 5.92 Å². The van der Waals surface area contributed by atoms with Crippen molar-refractivity contribution in [3.8, 4) is 0 Å². The average molecular weight is 229 g/mol. The number of halogens is 1. The molecule has 1 N–H and O–H groups in total. The van der Waals surface area contributed by atoms with Gasteiger partial charge >= 0.3 is 0 Å². The van der Waals surface area contributed by atoms with Crippen LogP contribution in [0.1, 0.15) is 5.56 Å². The first-order valence-electron chi connectivity index (χ1n) is 4.76. The van der Waals surface area contributed by atoms with E-state index in [-0.39, 0.29) is 6.10 Å². The molecule has 0 radical (unpaired) electrons. The van der Waals surface area contributed by atoms with Crippen molar-refractivity contribution in [1.29, 1.82) is 0 Å². The van der Waals surface area contributed by atoms with E-state index in [1.165, 1.54) is 5.56 Å². The van der Waals surface area contributed by atoms with Crippen LogP contribution < -0.4 is 0 Å². The lowest BCUT2D eigenvalue weighted by atomic mass is 9.97. The molecule has 1 nitrogen and oxygen atoms in total. The maximum Gasteiger partial charge on any atom is 0.0669 e. The second-order valence-electron chi connectivity index (χ2n) is 3.70. The fraction of sp³-hybridized carbons (Fsp3) is 0.455. The summed E-state index contributed by atoms with van der Waals surface area (Å²) in [5.74, 6) is 2.34. The molecular weight excluding hydrogens is 216 g/mol. The van der Waals surface area contributed by atoms with Crippen LogP contribution in [-0.2, 0) is 6.42 Å². The molecule has 1 aliphatic rings. The molecule has 1 fully saturated rings. The molecule has 1 aromatic carbocycles. The number of rotatable bonds is 2. The normalized spacial score (nSPS) is 26.7. The predicted octanol–water partition coefficient (Wildman–Crippen LogP) is 2.61. The lowest BCUT2D eigenvalue weighted by molar-refractivity contribution is 0.150. The number of hydrogen-bond donors (Lipinski definition) is 1. The van der Waals surface area contributed by atoms with Crippen molar-refractivity contribution < 1.29 is 5.11 Å². The summed E-state index contributed by atoms with van der Waals surface area (Å²) in [5, 5.41) is 10.4. The minimum atomic E-state index is -0.140. The Hall–Kier alpha value is -0.180. The molecule has 76 valence electrons. The SMILES string of the molecule is OC1CSCC1Cc1cccc(Cl)c1. The van der Waals surface area contributed by atoms with Crippen molar-refractivity contribution in [3.63, 3.8) is 0 Å². The van der Waals surface area contributed by atoms with Gasteiger partial charge in [0.1, 0.15) is 0 Å². The summed E-state index contributed by atoms with van der Waals surface area (Å²) in [5.41, 5.74) is 1.23. The molecule has 2 rings (SSSR count). The van der Waals surface area contributed by atoms with Gasteiger partial charge in [0.15, 0.2) is 0 Å². The van der Waals surface area contributed by atoms with Crippen molar-refractivity contribution in [1.82, 2.24) is 0 Å². The van der Waals surface area contributed by atoms with E-state index in [9.17, 15) is 5.11 Å². The van der Waals surface area contributed by atoms with Gasteiger partial charge < -0.3 is 5.11 Å². The smallest absolute Gasteiger partial charge is 0.0669 e. The third kappa shape index (κ3) is 2.44. The fourth-order valence-corrected chi connectivity index (χ4v) is 3.25. The van der Waals surface area contributed by atoms with Gasteiger partial charge in [-0.2, -0.15) is 11.8 Å². The molecule has 1 aromatic rings. The lowest BCUT2D eigenvalue weighted by Crippen LogP contribution is -2.19. The van der Waals surface area contributed by atoms with Gasteiger partial charge in [-0.1, -0.05) is 23.7 Å². The first-order chi connectivity index (χ1) is 6.75. The van der Waals surface area contributed by atoms with Gasteiger partial charge in [0.2, 0.25) is 0 Å². The lowest BCUT2D eigenvalue weighted by Gasteiger charge is -2.13. The zero-order valence-electron chi connectivity index (χ0n) is 7.82. The minimum Gasteiger partial charge on any atom is -0.392 e. The largest absolute Gasteiger partial charge is 0.392 e. The monoisotopic (exact) mass is 228 g/mol. The highest BCUT2D eigenvalue weighted by Gasteiger charge is 2.25. The Labute approximate surface area is 93.5 Å². The topological polar surface area (TPSA) is 20.2 Å². The number of benzene rings is 1. The van der Waals surface area contributed by atoms with Gasteiger partial charge in [-0.05, 0) is 35.8 Å². The van der Waals surface area contributed by atoms with Crippen LogP contribution >= 0.6 is 23.4 Å². The molecule has 0 spiro atoms. The van der Waals surface area contributed by atoms with E-state index in [1.807, 2.05) is 30.0 Å². The second kappa shape index (κ2) is 4.56. The molecule has 14 heavy (non-hydrogen) atoms. The molecule has 2 unspecified atom stereocenters. The summed E-state index contributed by atoms with van der Waals surface area (Å²) in [6.45, 7) is 0. The molecule has 1 aliphatic heterocycles. The van der Waals surface area contributed by atoms with Crippen molar-refractivity contribution in [2.24, 2.45) is 5.92 Å². The zero-order chi connectivity index (χ0) is 9.97. The molecule has 0 bridgehead atoms. The Balaban J connectivity index is 2.03. The average Bonchev–Trinajstić information content (AvgIpc) is 2.52. The third-order valence-corrected chi connectivity index (χ3v) is 4.03. The molecule has 0 amide bonds. The van der Waals surface area contributed by atoms with Crippen LogP contribution in [0.2, 0.25) is 5.02 Å². The van der Waals surface area contributed by atoms with Gasteiger partial charge in [0, 0.05) is 10.8 Å². The molecule has 1 heterocycles. The Morgan fingerprint density at radius 3 is 2.93 bits per heavy atom. The maximum absolute atomic E-state index is 9.67. The highest BCUT2D eigenvalue weighted by Crippen LogP contribution is 2.27. The van der Waals surface area contributed by atoms with E-state index < -0.39 is 0 Å². The number of aliphatic hydroxyl groups excluding tert-OH is 1. The Kier molecular flexibility index (Phi) is 3.37. The number of hydrogen-bond acceptors (Lipinski definition) is 2. The van der Waals surface area contributed by atoms with Crippen molar-refractivity contribution >= 4 is 23.4 Å². The summed E-state index contributed by atoms with van der Waals surface area (Å²) < 4.78 is 0. The summed E-state index contributed by atoms with van der Waals surface area (Å²) in [6, 6.07) is 7.90. The zero-order valence-corrected chi connectivity index (χ0v) is 9.39. The van der Waals surface area contributed by atoms with Gasteiger partial charge in [-0.15, -0.1) is 0 Å². The molecule has 2 atom stereocenters. The first kappa shape index (κ1) is 10.3. The highest BCUT2D eigenvalue weighted by molar-refractivity contribution is 7.99. The Morgan fingerprint density at radius 1 is 1.43 bits per heavy atom. The van der Waals surface area contributed by atoms with E-state index in [1.54, 1.807) is 0 Å². The van der Waals surface area contributed by atoms with E-state index in [0.717, 1.165) is 22.9 Å². The molecule has 3 heteroatoms. The third-order valence-electron chi connectivity index (χ3n) is 2.55. The first-order valence-corrected chi connectivity index (χ1v) is 6.29. The van der Waals surface area contributed by atoms with Crippen LogP contribution in [0.25, 0.3) is 0 Å². The summed E-state index contributed by atoms with van der Waals surface area (Å²) >= 11 is 7.73.